The zero-order valence-electron chi connectivity index (χ0n) is 20.0. The smallest absolute Gasteiger partial charge is 0.245 e. The first kappa shape index (κ1) is 23.0. The molecular formula is C29H28ClN5O. The fraction of sp³-hybridized carbons (Fsp3) is 0.276. The van der Waals surface area contributed by atoms with Gasteiger partial charge in [0, 0.05) is 36.3 Å². The van der Waals surface area contributed by atoms with Crippen LogP contribution in [0.4, 0.5) is 0 Å². The second-order valence-electron chi connectivity index (χ2n) is 9.58. The van der Waals surface area contributed by atoms with Crippen LogP contribution < -0.4 is 5.32 Å². The van der Waals surface area contributed by atoms with E-state index in [2.05, 4.69) is 47.3 Å². The topological polar surface area (TPSA) is 62.5 Å². The van der Waals surface area contributed by atoms with Gasteiger partial charge in [0.15, 0.2) is 5.65 Å². The van der Waals surface area contributed by atoms with E-state index in [0.29, 0.717) is 17.2 Å². The molecule has 36 heavy (non-hydrogen) atoms. The number of piperidine rings is 1. The van der Waals surface area contributed by atoms with Crippen molar-refractivity contribution in [2.75, 3.05) is 13.1 Å². The number of benzene rings is 2. The van der Waals surface area contributed by atoms with E-state index in [1.807, 2.05) is 33.7 Å². The van der Waals surface area contributed by atoms with Crippen molar-refractivity contribution in [2.24, 2.45) is 0 Å². The molecule has 182 valence electrons. The first-order chi connectivity index (χ1) is 17.6. The fourth-order valence-electron chi connectivity index (χ4n) is 5.59. The number of nitrogens with one attached hydrogen (secondary N) is 1. The minimum atomic E-state index is 0.0338. The van der Waals surface area contributed by atoms with Crippen molar-refractivity contribution in [1.29, 1.82) is 0 Å². The molecule has 1 atom stereocenters. The molecule has 6 nitrogen and oxygen atoms in total. The summed E-state index contributed by atoms with van der Waals surface area (Å²) < 4.78 is 1.84. The van der Waals surface area contributed by atoms with Crippen molar-refractivity contribution in [1.82, 2.24) is 24.8 Å². The first-order valence-corrected chi connectivity index (χ1v) is 12.9. The molecular weight excluding hydrogens is 470 g/mol. The predicted molar refractivity (Wildman–Crippen MR) is 143 cm³/mol. The van der Waals surface area contributed by atoms with E-state index in [4.69, 9.17) is 16.6 Å². The maximum Gasteiger partial charge on any atom is 0.245 e. The molecule has 1 aliphatic carbocycles. The third-order valence-corrected chi connectivity index (χ3v) is 7.61. The molecule has 0 radical (unpaired) electrons. The Balaban J connectivity index is 1.28. The number of aromatic nitrogens is 3. The fourth-order valence-corrected chi connectivity index (χ4v) is 5.72. The molecule has 1 fully saturated rings. The summed E-state index contributed by atoms with van der Waals surface area (Å²) in [5.41, 5.74) is 7.51. The van der Waals surface area contributed by atoms with Gasteiger partial charge < -0.3 is 10.2 Å². The van der Waals surface area contributed by atoms with Crippen LogP contribution in [0.1, 0.15) is 36.4 Å². The minimum absolute atomic E-state index is 0.0338. The second-order valence-corrected chi connectivity index (χ2v) is 9.96. The van der Waals surface area contributed by atoms with Gasteiger partial charge in [-0.25, -0.2) is 9.50 Å². The molecule has 1 amide bonds. The van der Waals surface area contributed by atoms with Crippen molar-refractivity contribution in [3.63, 3.8) is 0 Å². The molecule has 2 aliphatic rings. The van der Waals surface area contributed by atoms with Gasteiger partial charge in [-0.2, -0.15) is 5.10 Å². The Morgan fingerprint density at radius 2 is 1.83 bits per heavy atom. The summed E-state index contributed by atoms with van der Waals surface area (Å²) in [7, 11) is 0. The Hall–Kier alpha value is -3.48. The molecule has 0 saturated carbocycles. The normalized spacial score (nSPS) is 17.9. The highest BCUT2D eigenvalue weighted by Crippen LogP contribution is 2.38. The standard InChI is InChI=1S/C29H28ClN5O/c1-2-27(36)34-16-14-22(15-17-34)31-24-11-9-20-18-21(8-10-23(20)24)28-29(19-6-4-3-5-7-19)35-26(32-28)13-12-25(30)33-35/h2-8,10,12-13,18,22,24,31H,1,9,11,14-17H2/t24-/m0/s1. The number of hydrogen-bond acceptors (Lipinski definition) is 4. The maximum atomic E-state index is 11.9. The number of likely N-dealkylation sites (tertiary alicyclic amines) is 1. The van der Waals surface area contributed by atoms with E-state index in [1.165, 1.54) is 17.2 Å². The average molecular weight is 498 g/mol. The van der Waals surface area contributed by atoms with Gasteiger partial charge in [0.05, 0.1) is 5.69 Å². The van der Waals surface area contributed by atoms with Crippen molar-refractivity contribution in [3.05, 3.63) is 89.6 Å². The van der Waals surface area contributed by atoms with Crippen LogP contribution in [-0.2, 0) is 11.2 Å². The molecule has 1 aliphatic heterocycles. The van der Waals surface area contributed by atoms with Crippen molar-refractivity contribution >= 4 is 23.2 Å². The molecule has 1 saturated heterocycles. The Kier molecular flexibility index (Phi) is 6.07. The number of rotatable bonds is 5. The van der Waals surface area contributed by atoms with E-state index in [-0.39, 0.29) is 5.91 Å². The lowest BCUT2D eigenvalue weighted by Crippen LogP contribution is -2.45. The quantitative estimate of drug-likeness (QED) is 0.371. The van der Waals surface area contributed by atoms with Gasteiger partial charge in [-0.1, -0.05) is 60.6 Å². The van der Waals surface area contributed by atoms with Gasteiger partial charge in [-0.3, -0.25) is 4.79 Å². The summed E-state index contributed by atoms with van der Waals surface area (Å²) in [5.74, 6) is 0.0338. The lowest BCUT2D eigenvalue weighted by molar-refractivity contribution is -0.127. The molecule has 0 bridgehead atoms. The average Bonchev–Trinajstić information content (AvgIpc) is 3.49. The number of halogens is 1. The van der Waals surface area contributed by atoms with Crippen molar-refractivity contribution < 1.29 is 4.79 Å². The van der Waals surface area contributed by atoms with Crippen LogP contribution in [0, 0.1) is 0 Å². The minimum Gasteiger partial charge on any atom is -0.339 e. The molecule has 2 aromatic heterocycles. The summed E-state index contributed by atoms with van der Waals surface area (Å²) in [6, 6.07) is 21.4. The van der Waals surface area contributed by atoms with Crippen molar-refractivity contribution in [3.8, 4) is 22.5 Å². The predicted octanol–water partition coefficient (Wildman–Crippen LogP) is 5.47. The summed E-state index contributed by atoms with van der Waals surface area (Å²) in [6.45, 7) is 5.18. The number of nitrogens with zero attached hydrogens (tertiary/aromatic N) is 4. The highest BCUT2D eigenvalue weighted by atomic mass is 35.5. The summed E-state index contributed by atoms with van der Waals surface area (Å²) >= 11 is 6.25. The van der Waals surface area contributed by atoms with E-state index in [9.17, 15) is 4.79 Å². The first-order valence-electron chi connectivity index (χ1n) is 12.5. The number of carbonyl (C=O) groups excluding carboxylic acids is 1. The summed E-state index contributed by atoms with van der Waals surface area (Å²) in [6.07, 6.45) is 5.47. The zero-order valence-corrected chi connectivity index (χ0v) is 20.8. The molecule has 4 aromatic rings. The number of aryl methyl sites for hydroxylation is 1. The van der Waals surface area contributed by atoms with Crippen LogP contribution in [-0.4, -0.2) is 44.5 Å². The maximum absolute atomic E-state index is 11.9. The largest absolute Gasteiger partial charge is 0.339 e. The lowest BCUT2D eigenvalue weighted by Gasteiger charge is -2.33. The summed E-state index contributed by atoms with van der Waals surface area (Å²) in [4.78, 5) is 18.7. The van der Waals surface area contributed by atoms with Crippen LogP contribution in [0.25, 0.3) is 28.2 Å². The highest BCUT2D eigenvalue weighted by molar-refractivity contribution is 6.29. The van der Waals surface area contributed by atoms with Gasteiger partial charge in [0.1, 0.15) is 10.8 Å². The Labute approximate surface area is 215 Å². The third kappa shape index (κ3) is 4.21. The number of hydrogen-bond donors (Lipinski definition) is 1. The number of imidazole rings is 1. The Morgan fingerprint density at radius 1 is 1.03 bits per heavy atom. The number of fused-ring (bicyclic) bond motifs is 2. The van der Waals surface area contributed by atoms with E-state index in [1.54, 1.807) is 6.07 Å². The molecule has 0 unspecified atom stereocenters. The Bertz CT molecular complexity index is 1440. The van der Waals surface area contributed by atoms with Gasteiger partial charge in [-0.15, -0.1) is 0 Å². The number of carbonyl (C=O) groups is 1. The van der Waals surface area contributed by atoms with Crippen LogP contribution >= 0.6 is 11.6 Å². The Morgan fingerprint density at radius 3 is 2.61 bits per heavy atom. The van der Waals surface area contributed by atoms with Crippen LogP contribution in [0.3, 0.4) is 0 Å². The monoisotopic (exact) mass is 497 g/mol. The van der Waals surface area contributed by atoms with Gasteiger partial charge in [0.25, 0.3) is 0 Å². The number of amides is 1. The van der Waals surface area contributed by atoms with Gasteiger partial charge in [0.2, 0.25) is 5.91 Å². The molecule has 6 rings (SSSR count). The van der Waals surface area contributed by atoms with E-state index in [0.717, 1.165) is 66.9 Å². The molecule has 0 spiro atoms. The molecule has 1 N–H and O–H groups in total. The van der Waals surface area contributed by atoms with E-state index >= 15 is 0 Å². The van der Waals surface area contributed by atoms with Gasteiger partial charge in [-0.05, 0) is 61.1 Å². The molecule has 7 heteroatoms. The third-order valence-electron chi connectivity index (χ3n) is 7.40. The molecule has 2 aromatic carbocycles. The van der Waals surface area contributed by atoms with Crippen molar-refractivity contribution in [2.45, 2.75) is 37.8 Å². The summed E-state index contributed by atoms with van der Waals surface area (Å²) in [5, 5.41) is 8.85. The van der Waals surface area contributed by atoms with Crippen LogP contribution in [0.5, 0.6) is 0 Å². The van der Waals surface area contributed by atoms with E-state index < -0.39 is 0 Å². The second kappa shape index (κ2) is 9.52. The van der Waals surface area contributed by atoms with Crippen LogP contribution in [0.2, 0.25) is 5.15 Å². The van der Waals surface area contributed by atoms with Gasteiger partial charge >= 0.3 is 0 Å². The zero-order chi connectivity index (χ0) is 24.6. The lowest BCUT2D eigenvalue weighted by atomic mass is 9.99. The molecule has 3 heterocycles. The highest BCUT2D eigenvalue weighted by Gasteiger charge is 2.28. The van der Waals surface area contributed by atoms with Crippen LogP contribution in [0.15, 0.2) is 73.3 Å². The SMILES string of the molecule is C=CC(=O)N1CCC(N[C@H]2CCc3cc(-c4nc5ccc(Cl)nn5c4-c4ccccc4)ccc32)CC1.